The van der Waals surface area contributed by atoms with Crippen LogP contribution in [0.4, 0.5) is 11.4 Å². The molecule has 0 aromatic heterocycles. The molecule has 1 aromatic carbocycles. The maximum absolute atomic E-state index is 12.5. The third-order valence-electron chi connectivity index (χ3n) is 4.45. The molecule has 0 heterocycles. The molecule has 23 heavy (non-hydrogen) atoms. The van der Waals surface area contributed by atoms with Gasteiger partial charge in [-0.15, -0.1) is 0 Å². The Labute approximate surface area is 138 Å². The van der Waals surface area contributed by atoms with Crippen molar-refractivity contribution in [1.29, 1.82) is 0 Å². The fourth-order valence-corrected chi connectivity index (χ4v) is 3.06. The second-order valence-corrected chi connectivity index (χ2v) is 6.87. The number of rotatable bonds is 6. The molecule has 5 nitrogen and oxygen atoms in total. The lowest BCUT2D eigenvalue weighted by molar-refractivity contribution is -0.124. The Kier molecular flexibility index (Phi) is 5.77. The number of carbonyl (C=O) groups excluding carboxylic acids is 2. The van der Waals surface area contributed by atoms with Gasteiger partial charge in [-0.3, -0.25) is 9.59 Å². The highest BCUT2D eigenvalue weighted by atomic mass is 16.2. The molecule has 0 radical (unpaired) electrons. The third-order valence-corrected chi connectivity index (χ3v) is 4.45. The third kappa shape index (κ3) is 4.55. The van der Waals surface area contributed by atoms with E-state index in [4.69, 9.17) is 5.73 Å². The molecule has 4 N–H and O–H groups in total. The molecule has 5 heteroatoms. The van der Waals surface area contributed by atoms with E-state index in [2.05, 4.69) is 10.6 Å². The van der Waals surface area contributed by atoms with Gasteiger partial charge in [-0.25, -0.2) is 0 Å². The van der Waals surface area contributed by atoms with Gasteiger partial charge in [-0.2, -0.15) is 0 Å². The van der Waals surface area contributed by atoms with E-state index in [-0.39, 0.29) is 11.8 Å². The number of nitrogens with two attached hydrogens (primary N) is 1. The van der Waals surface area contributed by atoms with E-state index in [0.717, 1.165) is 37.1 Å². The van der Waals surface area contributed by atoms with Crippen LogP contribution >= 0.6 is 0 Å². The summed E-state index contributed by atoms with van der Waals surface area (Å²) < 4.78 is 0. The Hall–Kier alpha value is -1.88. The summed E-state index contributed by atoms with van der Waals surface area (Å²) in [5, 5.41) is 5.81. The first-order chi connectivity index (χ1) is 10.9. The molecule has 0 spiro atoms. The van der Waals surface area contributed by atoms with Crippen LogP contribution in [0.5, 0.6) is 0 Å². The van der Waals surface area contributed by atoms with Crippen molar-refractivity contribution in [2.75, 3.05) is 17.2 Å². The molecular weight excluding hydrogens is 290 g/mol. The van der Waals surface area contributed by atoms with Crippen LogP contribution in [0.15, 0.2) is 24.3 Å². The number of anilines is 2. The van der Waals surface area contributed by atoms with Gasteiger partial charge in [0.1, 0.15) is 0 Å². The van der Waals surface area contributed by atoms with E-state index in [1.54, 1.807) is 12.1 Å². The molecule has 2 rings (SSSR count). The van der Waals surface area contributed by atoms with Crippen LogP contribution in [0.2, 0.25) is 0 Å². The van der Waals surface area contributed by atoms with E-state index in [1.807, 2.05) is 26.0 Å². The van der Waals surface area contributed by atoms with Gasteiger partial charge in [0.15, 0.2) is 0 Å². The summed E-state index contributed by atoms with van der Waals surface area (Å²) in [5.41, 5.74) is 6.89. The van der Waals surface area contributed by atoms with Crippen molar-refractivity contribution in [3.8, 4) is 0 Å². The standard InChI is InChI=1S/C18H27N3O2/c1-13(2)11-16(22)20-14-5-7-15(8-6-14)21-17(23)18(12-19)9-3-4-10-18/h5-8,13H,3-4,9-12,19H2,1-2H3,(H,20,22)(H,21,23). The van der Waals surface area contributed by atoms with Gasteiger partial charge in [-0.1, -0.05) is 26.7 Å². The molecule has 126 valence electrons. The van der Waals surface area contributed by atoms with Crippen molar-refractivity contribution in [3.63, 3.8) is 0 Å². The first kappa shape index (κ1) is 17.5. The first-order valence-corrected chi connectivity index (χ1v) is 8.37. The van der Waals surface area contributed by atoms with Crippen molar-refractivity contribution in [3.05, 3.63) is 24.3 Å². The summed E-state index contributed by atoms with van der Waals surface area (Å²) in [4.78, 5) is 24.2. The van der Waals surface area contributed by atoms with Crippen LogP contribution in [0.3, 0.4) is 0 Å². The molecule has 1 aromatic rings. The SMILES string of the molecule is CC(C)CC(=O)Nc1ccc(NC(=O)C2(CN)CCCC2)cc1. The molecule has 0 saturated heterocycles. The molecule has 1 saturated carbocycles. The molecule has 1 fully saturated rings. The van der Waals surface area contributed by atoms with Crippen molar-refractivity contribution in [2.45, 2.75) is 46.0 Å². The van der Waals surface area contributed by atoms with E-state index < -0.39 is 5.41 Å². The maximum Gasteiger partial charge on any atom is 0.231 e. The summed E-state index contributed by atoms with van der Waals surface area (Å²) in [6.07, 6.45) is 4.34. The second kappa shape index (κ2) is 7.59. The number of amides is 2. The second-order valence-electron chi connectivity index (χ2n) is 6.87. The number of hydrogen-bond acceptors (Lipinski definition) is 3. The van der Waals surface area contributed by atoms with Gasteiger partial charge >= 0.3 is 0 Å². The summed E-state index contributed by atoms with van der Waals surface area (Å²) in [5.74, 6) is 0.339. The van der Waals surface area contributed by atoms with Crippen LogP contribution in [0.1, 0.15) is 46.0 Å². The zero-order valence-electron chi connectivity index (χ0n) is 14.0. The van der Waals surface area contributed by atoms with Crippen molar-refractivity contribution in [1.82, 2.24) is 0 Å². The van der Waals surface area contributed by atoms with Crippen LogP contribution in [0.25, 0.3) is 0 Å². The lowest BCUT2D eigenvalue weighted by atomic mass is 9.85. The lowest BCUT2D eigenvalue weighted by Crippen LogP contribution is -2.40. The predicted molar refractivity (Wildman–Crippen MR) is 93.1 cm³/mol. The average Bonchev–Trinajstić information content (AvgIpc) is 2.98. The highest BCUT2D eigenvalue weighted by Crippen LogP contribution is 2.38. The molecule has 0 aliphatic heterocycles. The topological polar surface area (TPSA) is 84.2 Å². The quantitative estimate of drug-likeness (QED) is 0.753. The highest BCUT2D eigenvalue weighted by molar-refractivity contribution is 5.96. The largest absolute Gasteiger partial charge is 0.329 e. The zero-order valence-corrected chi connectivity index (χ0v) is 14.0. The highest BCUT2D eigenvalue weighted by Gasteiger charge is 2.39. The van der Waals surface area contributed by atoms with Crippen LogP contribution in [-0.2, 0) is 9.59 Å². The Morgan fingerprint density at radius 3 is 2.09 bits per heavy atom. The molecule has 0 bridgehead atoms. The summed E-state index contributed by atoms with van der Waals surface area (Å²) in [7, 11) is 0. The Morgan fingerprint density at radius 2 is 1.61 bits per heavy atom. The van der Waals surface area contributed by atoms with Crippen LogP contribution in [-0.4, -0.2) is 18.4 Å². The van der Waals surface area contributed by atoms with E-state index >= 15 is 0 Å². The fraction of sp³-hybridized carbons (Fsp3) is 0.556. The minimum Gasteiger partial charge on any atom is -0.329 e. The van der Waals surface area contributed by atoms with Crippen LogP contribution in [0, 0.1) is 11.3 Å². The van der Waals surface area contributed by atoms with Crippen molar-refractivity contribution in [2.24, 2.45) is 17.1 Å². The van der Waals surface area contributed by atoms with Gasteiger partial charge in [-0.05, 0) is 43.0 Å². The number of benzene rings is 1. The van der Waals surface area contributed by atoms with Gasteiger partial charge in [0.2, 0.25) is 11.8 Å². The lowest BCUT2D eigenvalue weighted by Gasteiger charge is -2.25. The number of carbonyl (C=O) groups is 2. The molecule has 0 unspecified atom stereocenters. The Bertz CT molecular complexity index is 546. The van der Waals surface area contributed by atoms with Gasteiger partial charge < -0.3 is 16.4 Å². The monoisotopic (exact) mass is 317 g/mol. The summed E-state index contributed by atoms with van der Waals surface area (Å²) in [6, 6.07) is 7.22. The normalized spacial score (nSPS) is 16.3. The average molecular weight is 317 g/mol. The molecule has 2 amide bonds. The van der Waals surface area contributed by atoms with Gasteiger partial charge in [0.05, 0.1) is 5.41 Å². The molecule has 1 aliphatic carbocycles. The fourth-order valence-electron chi connectivity index (χ4n) is 3.06. The Morgan fingerprint density at radius 1 is 1.09 bits per heavy atom. The summed E-state index contributed by atoms with van der Waals surface area (Å²) >= 11 is 0. The summed E-state index contributed by atoms with van der Waals surface area (Å²) in [6.45, 7) is 4.41. The Balaban J connectivity index is 1.94. The van der Waals surface area contributed by atoms with Gasteiger partial charge in [0, 0.05) is 24.3 Å². The van der Waals surface area contributed by atoms with Gasteiger partial charge in [0.25, 0.3) is 0 Å². The van der Waals surface area contributed by atoms with E-state index in [1.165, 1.54) is 0 Å². The van der Waals surface area contributed by atoms with Crippen molar-refractivity contribution < 1.29 is 9.59 Å². The minimum absolute atomic E-state index is 0.00447. The maximum atomic E-state index is 12.5. The minimum atomic E-state index is -0.413. The first-order valence-electron chi connectivity index (χ1n) is 8.37. The smallest absolute Gasteiger partial charge is 0.231 e. The molecule has 1 aliphatic rings. The molecular formula is C18H27N3O2. The van der Waals surface area contributed by atoms with Crippen molar-refractivity contribution >= 4 is 23.2 Å². The zero-order chi connectivity index (χ0) is 16.9. The number of nitrogens with one attached hydrogen (secondary N) is 2. The molecule has 0 atom stereocenters. The van der Waals surface area contributed by atoms with E-state index in [0.29, 0.717) is 18.9 Å². The van der Waals surface area contributed by atoms with E-state index in [9.17, 15) is 9.59 Å². The number of hydrogen-bond donors (Lipinski definition) is 3. The predicted octanol–water partition coefficient (Wildman–Crippen LogP) is 3.13. The van der Waals surface area contributed by atoms with Crippen LogP contribution < -0.4 is 16.4 Å².